The highest BCUT2D eigenvalue weighted by Gasteiger charge is 2.09. The Morgan fingerprint density at radius 3 is 2.41 bits per heavy atom. The molecule has 0 atom stereocenters. The molecule has 3 rings (SSSR count). The van der Waals surface area contributed by atoms with Crippen molar-refractivity contribution in [3.05, 3.63) is 95.1 Å². The number of methoxy groups -OCH3 is 1. The van der Waals surface area contributed by atoms with E-state index in [4.69, 9.17) is 9.47 Å². The molecule has 0 aliphatic carbocycles. The van der Waals surface area contributed by atoms with E-state index in [2.05, 4.69) is 10.5 Å². The van der Waals surface area contributed by atoms with Crippen molar-refractivity contribution in [3.63, 3.8) is 0 Å². The van der Waals surface area contributed by atoms with E-state index >= 15 is 0 Å². The van der Waals surface area contributed by atoms with E-state index in [-0.39, 0.29) is 5.91 Å². The highest BCUT2D eigenvalue weighted by Crippen LogP contribution is 2.16. The monoisotopic (exact) mass is 388 g/mol. The van der Waals surface area contributed by atoms with E-state index in [1.165, 1.54) is 6.21 Å². The Kier molecular flexibility index (Phi) is 6.37. The van der Waals surface area contributed by atoms with Gasteiger partial charge in [0.05, 0.1) is 18.9 Å². The van der Waals surface area contributed by atoms with Crippen LogP contribution in [0, 0.1) is 6.92 Å². The summed E-state index contributed by atoms with van der Waals surface area (Å²) in [5, 5.41) is 3.98. The first-order valence-electron chi connectivity index (χ1n) is 8.92. The smallest absolute Gasteiger partial charge is 0.343 e. The molecule has 29 heavy (non-hydrogen) atoms. The van der Waals surface area contributed by atoms with Crippen LogP contribution in [0.25, 0.3) is 0 Å². The zero-order valence-electron chi connectivity index (χ0n) is 16.1. The summed E-state index contributed by atoms with van der Waals surface area (Å²) in [7, 11) is 1.56. The number of carbonyl (C=O) groups is 2. The van der Waals surface area contributed by atoms with Gasteiger partial charge in [-0.1, -0.05) is 30.3 Å². The van der Waals surface area contributed by atoms with Crippen LogP contribution in [0.15, 0.2) is 77.9 Å². The predicted molar refractivity (Wildman–Crippen MR) is 111 cm³/mol. The van der Waals surface area contributed by atoms with Crippen molar-refractivity contribution in [2.24, 2.45) is 5.10 Å². The van der Waals surface area contributed by atoms with Crippen LogP contribution in [0.1, 0.15) is 31.8 Å². The fourth-order valence-electron chi connectivity index (χ4n) is 2.60. The van der Waals surface area contributed by atoms with Crippen LogP contribution >= 0.6 is 0 Å². The largest absolute Gasteiger partial charge is 0.497 e. The highest BCUT2D eigenvalue weighted by molar-refractivity contribution is 5.96. The van der Waals surface area contributed by atoms with Crippen LogP contribution in [-0.2, 0) is 0 Å². The van der Waals surface area contributed by atoms with Crippen molar-refractivity contribution < 1.29 is 19.1 Å². The second-order valence-electron chi connectivity index (χ2n) is 6.20. The summed E-state index contributed by atoms with van der Waals surface area (Å²) in [6.07, 6.45) is 1.49. The van der Waals surface area contributed by atoms with Gasteiger partial charge in [-0.3, -0.25) is 4.79 Å². The lowest BCUT2D eigenvalue weighted by Gasteiger charge is -2.06. The van der Waals surface area contributed by atoms with Gasteiger partial charge in [-0.15, -0.1) is 0 Å². The van der Waals surface area contributed by atoms with Crippen molar-refractivity contribution in [3.8, 4) is 11.5 Å². The first-order valence-corrected chi connectivity index (χ1v) is 8.92. The van der Waals surface area contributed by atoms with Gasteiger partial charge in [0.2, 0.25) is 0 Å². The van der Waals surface area contributed by atoms with Crippen LogP contribution in [0.5, 0.6) is 11.5 Å². The number of hydrogen-bond donors (Lipinski definition) is 1. The molecular weight excluding hydrogens is 368 g/mol. The second-order valence-corrected chi connectivity index (χ2v) is 6.20. The van der Waals surface area contributed by atoms with Crippen molar-refractivity contribution in [1.29, 1.82) is 0 Å². The maximum Gasteiger partial charge on any atom is 0.343 e. The number of hydrogen-bond acceptors (Lipinski definition) is 5. The first-order chi connectivity index (χ1) is 14.1. The summed E-state index contributed by atoms with van der Waals surface area (Å²) in [6, 6.07) is 20.8. The third-order valence-electron chi connectivity index (χ3n) is 4.16. The molecule has 0 radical (unpaired) electrons. The lowest BCUT2D eigenvalue weighted by molar-refractivity contribution is 0.0734. The average molecular weight is 388 g/mol. The van der Waals surface area contributed by atoms with E-state index < -0.39 is 5.97 Å². The number of hydrazone groups is 1. The Morgan fingerprint density at radius 1 is 0.931 bits per heavy atom. The fourth-order valence-corrected chi connectivity index (χ4v) is 2.60. The normalized spacial score (nSPS) is 10.6. The number of amides is 1. The molecule has 3 aromatic rings. The Labute approximate surface area is 168 Å². The van der Waals surface area contributed by atoms with E-state index in [0.29, 0.717) is 28.2 Å². The van der Waals surface area contributed by atoms with Gasteiger partial charge >= 0.3 is 5.97 Å². The highest BCUT2D eigenvalue weighted by atomic mass is 16.5. The van der Waals surface area contributed by atoms with Crippen LogP contribution in [-0.4, -0.2) is 25.2 Å². The summed E-state index contributed by atoms with van der Waals surface area (Å²) >= 11 is 0. The Bertz CT molecular complexity index is 1040. The van der Waals surface area contributed by atoms with Crippen molar-refractivity contribution in [2.45, 2.75) is 6.92 Å². The van der Waals surface area contributed by atoms with E-state index in [0.717, 1.165) is 5.56 Å². The second kappa shape index (κ2) is 9.32. The molecule has 0 saturated carbocycles. The first kappa shape index (κ1) is 19.8. The van der Waals surface area contributed by atoms with Gasteiger partial charge in [0.25, 0.3) is 5.91 Å². The summed E-state index contributed by atoms with van der Waals surface area (Å²) < 4.78 is 10.5. The quantitative estimate of drug-likeness (QED) is 0.300. The molecule has 0 unspecified atom stereocenters. The number of esters is 1. The summed E-state index contributed by atoms with van der Waals surface area (Å²) in [5.74, 6) is 0.267. The molecule has 0 spiro atoms. The SMILES string of the molecule is COc1ccc(C(=O)Oc2cccc(/C=N\NC(=O)c3ccccc3C)c2)cc1. The van der Waals surface area contributed by atoms with Gasteiger partial charge in [0.15, 0.2) is 0 Å². The average Bonchev–Trinajstić information content (AvgIpc) is 2.74. The van der Waals surface area contributed by atoms with Gasteiger partial charge < -0.3 is 9.47 Å². The van der Waals surface area contributed by atoms with Crippen molar-refractivity contribution in [2.75, 3.05) is 7.11 Å². The van der Waals surface area contributed by atoms with Crippen LogP contribution in [0.3, 0.4) is 0 Å². The molecule has 6 nitrogen and oxygen atoms in total. The number of nitrogens with zero attached hydrogens (tertiary/aromatic N) is 1. The number of nitrogens with one attached hydrogen (secondary N) is 1. The Balaban J connectivity index is 1.63. The molecule has 6 heteroatoms. The van der Waals surface area contributed by atoms with E-state index in [9.17, 15) is 9.59 Å². The van der Waals surface area contributed by atoms with Gasteiger partial charge in [0, 0.05) is 5.56 Å². The molecule has 0 aliphatic heterocycles. The van der Waals surface area contributed by atoms with Crippen molar-refractivity contribution >= 4 is 18.1 Å². The third-order valence-corrected chi connectivity index (χ3v) is 4.16. The number of carbonyl (C=O) groups excluding carboxylic acids is 2. The standard InChI is InChI=1S/C23H20N2O4/c1-16-6-3-4-9-21(16)22(26)25-24-15-17-7-5-8-20(14-17)29-23(27)18-10-12-19(28-2)13-11-18/h3-15H,1-2H3,(H,25,26)/b24-15-. The lowest BCUT2D eigenvalue weighted by Crippen LogP contribution is -2.18. The molecule has 0 bridgehead atoms. The molecule has 0 saturated heterocycles. The van der Waals surface area contributed by atoms with Crippen LogP contribution < -0.4 is 14.9 Å². The molecule has 1 N–H and O–H groups in total. The van der Waals surface area contributed by atoms with Gasteiger partial charge in [-0.05, 0) is 60.5 Å². The zero-order valence-corrected chi connectivity index (χ0v) is 16.1. The molecule has 3 aromatic carbocycles. The maximum absolute atomic E-state index is 12.3. The summed E-state index contributed by atoms with van der Waals surface area (Å²) in [6.45, 7) is 1.86. The number of benzene rings is 3. The Hall–Kier alpha value is -3.93. The van der Waals surface area contributed by atoms with Crippen molar-refractivity contribution in [1.82, 2.24) is 5.43 Å². The van der Waals surface area contributed by atoms with Crippen LogP contribution in [0.2, 0.25) is 0 Å². The molecule has 1 amide bonds. The number of aryl methyl sites for hydroxylation is 1. The molecule has 0 heterocycles. The predicted octanol–water partition coefficient (Wildman–Crippen LogP) is 3.99. The molecule has 0 fully saturated rings. The third kappa shape index (κ3) is 5.29. The lowest BCUT2D eigenvalue weighted by atomic mass is 10.1. The van der Waals surface area contributed by atoms with Gasteiger partial charge in [-0.2, -0.15) is 5.10 Å². The molecule has 146 valence electrons. The molecule has 0 aromatic heterocycles. The Morgan fingerprint density at radius 2 is 1.69 bits per heavy atom. The van der Waals surface area contributed by atoms with Crippen LogP contribution in [0.4, 0.5) is 0 Å². The number of rotatable bonds is 6. The zero-order chi connectivity index (χ0) is 20.6. The minimum absolute atomic E-state index is 0.290. The maximum atomic E-state index is 12.3. The fraction of sp³-hybridized carbons (Fsp3) is 0.0870. The minimum Gasteiger partial charge on any atom is -0.497 e. The topological polar surface area (TPSA) is 77.0 Å². The summed E-state index contributed by atoms with van der Waals surface area (Å²) in [5.41, 5.74) is 5.01. The van der Waals surface area contributed by atoms with E-state index in [1.807, 2.05) is 19.1 Å². The summed E-state index contributed by atoms with van der Waals surface area (Å²) in [4.78, 5) is 24.4. The minimum atomic E-state index is -0.477. The molecule has 0 aliphatic rings. The molecular formula is C23H20N2O4. The van der Waals surface area contributed by atoms with Gasteiger partial charge in [-0.25, -0.2) is 10.2 Å². The van der Waals surface area contributed by atoms with E-state index in [1.54, 1.807) is 67.8 Å². The number of ether oxygens (including phenoxy) is 2. The van der Waals surface area contributed by atoms with Gasteiger partial charge in [0.1, 0.15) is 11.5 Å².